The third-order valence-corrected chi connectivity index (χ3v) is 4.63. The van der Waals surface area contributed by atoms with Crippen LogP contribution < -0.4 is 35.0 Å². The molecule has 112 valence electrons. The lowest BCUT2D eigenvalue weighted by Gasteiger charge is -2.22. The van der Waals surface area contributed by atoms with Crippen LogP contribution in [0.2, 0.25) is 0 Å². The lowest BCUT2D eigenvalue weighted by atomic mass is 10.1. The van der Waals surface area contributed by atoms with Crippen molar-refractivity contribution in [2.45, 2.75) is 19.3 Å². The maximum Gasteiger partial charge on any atom is 0.266 e. The first-order valence-electron chi connectivity index (χ1n) is 6.91. The number of hydrogen-bond acceptors (Lipinski definition) is 2. The highest BCUT2D eigenvalue weighted by Crippen LogP contribution is 2.24. The van der Waals surface area contributed by atoms with E-state index >= 15 is 0 Å². The zero-order valence-corrected chi connectivity index (χ0v) is 13.8. The number of benzene rings is 1. The molecule has 2 aliphatic rings. The van der Waals surface area contributed by atoms with E-state index in [0.717, 1.165) is 5.69 Å². The van der Waals surface area contributed by atoms with Gasteiger partial charge >= 0.3 is 0 Å². The van der Waals surface area contributed by atoms with E-state index in [-0.39, 0.29) is 24.8 Å². The molecule has 0 aliphatic carbocycles. The summed E-state index contributed by atoms with van der Waals surface area (Å²) in [6.07, 6.45) is 4.27. The van der Waals surface area contributed by atoms with Crippen LogP contribution in [0, 0.1) is 0 Å². The number of halogens is 2. The number of piperidine rings is 1. The van der Waals surface area contributed by atoms with E-state index in [1.807, 2.05) is 11.8 Å². The zero-order valence-electron chi connectivity index (χ0n) is 11.4. The standard InChI is InChI=1S/C14H19N3S.2ClH/c1-4-8-17(9-5-1)10-11-18-14-15-12-6-2-3-7-13(12)16-14;;/h2-3,6-7H,1,4-5,8-11H2,(H,15,16);2*1H. The second-order valence-electron chi connectivity index (χ2n) is 5.06. The van der Waals surface area contributed by atoms with Gasteiger partial charge in [-0.2, -0.15) is 4.99 Å². The SMILES string of the molecule is [Cl-].[Cl-].c1ccc2c(c1)N=C(SCC[NH+]1CCCCC1)[NH2+]2. The van der Waals surface area contributed by atoms with Gasteiger partial charge in [0.15, 0.2) is 5.69 Å². The van der Waals surface area contributed by atoms with Gasteiger partial charge in [0.05, 0.1) is 25.4 Å². The molecule has 0 saturated carbocycles. The molecule has 1 aromatic rings. The number of likely N-dealkylation sites (tertiary alicyclic amines) is 1. The van der Waals surface area contributed by atoms with E-state index in [1.165, 1.54) is 55.5 Å². The van der Waals surface area contributed by atoms with Crippen molar-refractivity contribution >= 4 is 28.3 Å². The Kier molecular flexibility index (Phi) is 7.92. The van der Waals surface area contributed by atoms with Crippen LogP contribution in [0.3, 0.4) is 0 Å². The molecule has 1 fully saturated rings. The van der Waals surface area contributed by atoms with Crippen LogP contribution in [-0.2, 0) is 0 Å². The van der Waals surface area contributed by atoms with Crippen molar-refractivity contribution in [2.24, 2.45) is 4.99 Å². The fourth-order valence-electron chi connectivity index (χ4n) is 2.67. The second kappa shape index (κ2) is 8.90. The number of nitrogens with zero attached hydrogens (tertiary/aromatic N) is 1. The number of fused-ring (bicyclic) bond motifs is 1. The molecule has 2 heterocycles. The summed E-state index contributed by atoms with van der Waals surface area (Å²) in [7, 11) is 0. The second-order valence-corrected chi connectivity index (χ2v) is 6.18. The van der Waals surface area contributed by atoms with Crippen molar-refractivity contribution in [2.75, 3.05) is 25.4 Å². The molecule has 0 unspecified atom stereocenters. The van der Waals surface area contributed by atoms with E-state index in [2.05, 4.69) is 34.6 Å². The summed E-state index contributed by atoms with van der Waals surface area (Å²) in [5.41, 5.74) is 2.40. The fourth-order valence-corrected chi connectivity index (χ4v) is 3.64. The van der Waals surface area contributed by atoms with Gasteiger partial charge in [-0.1, -0.05) is 12.1 Å². The largest absolute Gasteiger partial charge is 1.00 e. The van der Waals surface area contributed by atoms with Crippen LogP contribution in [-0.4, -0.2) is 30.6 Å². The van der Waals surface area contributed by atoms with Gasteiger partial charge in [0.1, 0.15) is 5.69 Å². The Morgan fingerprint density at radius 2 is 1.85 bits per heavy atom. The zero-order chi connectivity index (χ0) is 12.2. The Balaban J connectivity index is 0.000001000. The van der Waals surface area contributed by atoms with Crippen molar-refractivity contribution in [1.82, 2.24) is 0 Å². The molecule has 2 aliphatic heterocycles. The quantitative estimate of drug-likeness (QED) is 0.532. The first kappa shape index (κ1) is 17.8. The van der Waals surface area contributed by atoms with Gasteiger partial charge in [0, 0.05) is 6.07 Å². The molecule has 0 bridgehead atoms. The highest BCUT2D eigenvalue weighted by molar-refractivity contribution is 8.13. The minimum atomic E-state index is 0. The van der Waals surface area contributed by atoms with Crippen molar-refractivity contribution < 1.29 is 35.0 Å². The van der Waals surface area contributed by atoms with Crippen molar-refractivity contribution in [1.29, 1.82) is 0 Å². The molecule has 0 aromatic heterocycles. The van der Waals surface area contributed by atoms with E-state index < -0.39 is 0 Å². The lowest BCUT2D eigenvalue weighted by Crippen LogP contribution is -3.13. The molecule has 0 amide bonds. The molecule has 3 rings (SSSR count). The minimum absolute atomic E-state index is 0. The lowest BCUT2D eigenvalue weighted by molar-refractivity contribution is -0.902. The predicted molar refractivity (Wildman–Crippen MR) is 77.0 cm³/mol. The summed E-state index contributed by atoms with van der Waals surface area (Å²) in [6.45, 7) is 4.03. The summed E-state index contributed by atoms with van der Waals surface area (Å²) in [5.74, 6) is 1.19. The van der Waals surface area contributed by atoms with Gasteiger partial charge in [-0.3, -0.25) is 5.32 Å². The Labute approximate surface area is 137 Å². The minimum Gasteiger partial charge on any atom is -1.00 e. The van der Waals surface area contributed by atoms with Gasteiger partial charge in [0.2, 0.25) is 0 Å². The van der Waals surface area contributed by atoms with Crippen LogP contribution in [0.15, 0.2) is 29.3 Å². The summed E-state index contributed by atoms with van der Waals surface area (Å²) >= 11 is 1.91. The number of aliphatic imine (C=N–C) groups is 1. The number of nitrogens with one attached hydrogen (secondary N) is 1. The van der Waals surface area contributed by atoms with E-state index in [9.17, 15) is 0 Å². The summed E-state index contributed by atoms with van der Waals surface area (Å²) in [5, 5.41) is 3.40. The number of thioether (sulfide) groups is 1. The smallest absolute Gasteiger partial charge is 0.266 e. The van der Waals surface area contributed by atoms with E-state index in [4.69, 9.17) is 0 Å². The van der Waals surface area contributed by atoms with E-state index in [1.54, 1.807) is 4.90 Å². The maximum atomic E-state index is 4.65. The van der Waals surface area contributed by atoms with Crippen LogP contribution in [0.25, 0.3) is 0 Å². The van der Waals surface area contributed by atoms with Gasteiger partial charge in [-0.15, -0.1) is 0 Å². The van der Waals surface area contributed by atoms with Crippen molar-refractivity contribution in [3.63, 3.8) is 0 Å². The Morgan fingerprint density at radius 1 is 1.10 bits per heavy atom. The van der Waals surface area contributed by atoms with Crippen LogP contribution >= 0.6 is 11.8 Å². The third kappa shape index (κ3) is 4.64. The third-order valence-electron chi connectivity index (χ3n) is 3.71. The van der Waals surface area contributed by atoms with Crippen LogP contribution in [0.1, 0.15) is 19.3 Å². The predicted octanol–water partition coefficient (Wildman–Crippen LogP) is -5.31. The number of quaternary nitrogens is 2. The molecule has 0 atom stereocenters. The molecule has 1 aromatic carbocycles. The molecular weight excluding hydrogens is 313 g/mol. The molecule has 0 spiro atoms. The Morgan fingerprint density at radius 3 is 2.60 bits per heavy atom. The number of rotatable bonds is 3. The van der Waals surface area contributed by atoms with Gasteiger partial charge in [-0.25, -0.2) is 0 Å². The van der Waals surface area contributed by atoms with Crippen LogP contribution in [0.5, 0.6) is 0 Å². The van der Waals surface area contributed by atoms with E-state index in [0.29, 0.717) is 0 Å². The number of nitrogens with two attached hydrogens (primary N) is 1. The fraction of sp³-hybridized carbons (Fsp3) is 0.500. The number of para-hydroxylation sites is 2. The highest BCUT2D eigenvalue weighted by atomic mass is 35.5. The Bertz CT molecular complexity index is 448. The monoisotopic (exact) mass is 333 g/mol. The molecule has 1 saturated heterocycles. The topological polar surface area (TPSA) is 33.4 Å². The molecular formula is C14H21Cl2N3S. The Hall–Kier alpha value is -0.260. The van der Waals surface area contributed by atoms with Crippen molar-refractivity contribution in [3.05, 3.63) is 24.3 Å². The van der Waals surface area contributed by atoms with Gasteiger partial charge in [0.25, 0.3) is 5.17 Å². The van der Waals surface area contributed by atoms with Crippen molar-refractivity contribution in [3.8, 4) is 0 Å². The molecule has 3 nitrogen and oxygen atoms in total. The number of hydrogen-bond donors (Lipinski definition) is 2. The maximum absolute atomic E-state index is 4.65. The summed E-state index contributed by atoms with van der Waals surface area (Å²) < 4.78 is 0. The average Bonchev–Trinajstić information content (AvgIpc) is 2.82. The summed E-state index contributed by atoms with van der Waals surface area (Å²) in [6, 6.07) is 8.37. The molecule has 0 radical (unpaired) electrons. The molecule has 20 heavy (non-hydrogen) atoms. The summed E-state index contributed by atoms with van der Waals surface area (Å²) in [4.78, 5) is 6.43. The first-order valence-corrected chi connectivity index (χ1v) is 7.89. The van der Waals surface area contributed by atoms with Crippen LogP contribution in [0.4, 0.5) is 11.4 Å². The molecule has 3 N–H and O–H groups in total. The van der Waals surface area contributed by atoms with Gasteiger partial charge in [-0.05, 0) is 37.1 Å². The number of amidine groups is 1. The highest BCUT2D eigenvalue weighted by Gasteiger charge is 2.20. The normalized spacial score (nSPS) is 17.7. The van der Waals surface area contributed by atoms with Gasteiger partial charge < -0.3 is 29.7 Å². The first-order chi connectivity index (χ1) is 8.92. The average molecular weight is 334 g/mol. The molecule has 6 heteroatoms.